The van der Waals surface area contributed by atoms with Crippen LogP contribution in [0.4, 0.5) is 0 Å². The Balaban J connectivity index is 2.20. The summed E-state index contributed by atoms with van der Waals surface area (Å²) in [5, 5.41) is 0.881. The molecule has 0 bridgehead atoms. The van der Waals surface area contributed by atoms with Gasteiger partial charge in [0.15, 0.2) is 15.6 Å². The predicted octanol–water partition coefficient (Wildman–Crippen LogP) is 5.69. The number of alkyl halides is 1. The van der Waals surface area contributed by atoms with Crippen molar-refractivity contribution in [2.24, 2.45) is 5.92 Å². The number of ether oxygens (including phenoxy) is 2. The third-order valence-corrected chi connectivity index (χ3v) is 7.79. The molecule has 1 aliphatic heterocycles. The largest absolute Gasteiger partial charge is 0.350 e. The topological polar surface area (TPSA) is 52.6 Å². The predicted molar refractivity (Wildman–Crippen MR) is 122 cm³/mol. The van der Waals surface area contributed by atoms with Gasteiger partial charge in [0.25, 0.3) is 0 Å². The Kier molecular flexibility index (Phi) is 9.14. The highest BCUT2D eigenvalue weighted by Gasteiger charge is 2.35. The molecule has 29 heavy (non-hydrogen) atoms. The molecule has 0 saturated carbocycles. The maximum absolute atomic E-state index is 13.0. The van der Waals surface area contributed by atoms with Crippen molar-refractivity contribution in [1.29, 1.82) is 0 Å². The highest BCUT2D eigenvalue weighted by Crippen LogP contribution is 2.30. The molecule has 0 N–H and O–H groups in total. The van der Waals surface area contributed by atoms with E-state index < -0.39 is 15.6 Å². The summed E-state index contributed by atoms with van der Waals surface area (Å²) in [5.41, 5.74) is 2.51. The summed E-state index contributed by atoms with van der Waals surface area (Å²) in [6.07, 6.45) is 6.55. The lowest BCUT2D eigenvalue weighted by molar-refractivity contribution is -0.216. The smallest absolute Gasteiger partial charge is 0.178 e. The molecule has 1 fully saturated rings. The number of benzene rings is 1. The van der Waals surface area contributed by atoms with Crippen LogP contribution >= 0.6 is 15.9 Å². The fourth-order valence-electron chi connectivity index (χ4n) is 3.40. The quantitative estimate of drug-likeness (QED) is 0.351. The summed E-state index contributed by atoms with van der Waals surface area (Å²) in [5.74, 6) is -0.844. The SMILES string of the molecule is C/C(=C\CC/C(C)=C/[C@H]1OC(C)(C)OCC[C@@H]1CS(=O)(=O)c1ccccc1)CBr. The van der Waals surface area contributed by atoms with Crippen LogP contribution in [0.25, 0.3) is 0 Å². The molecule has 1 heterocycles. The third kappa shape index (κ3) is 8.00. The highest BCUT2D eigenvalue weighted by atomic mass is 79.9. The molecular formula is C23H33BrO4S. The Morgan fingerprint density at radius 2 is 1.90 bits per heavy atom. The second-order valence-electron chi connectivity index (χ2n) is 8.21. The van der Waals surface area contributed by atoms with E-state index in [1.165, 1.54) is 11.1 Å². The number of halogens is 1. The molecule has 2 rings (SSSR count). The summed E-state index contributed by atoms with van der Waals surface area (Å²) in [7, 11) is -3.39. The van der Waals surface area contributed by atoms with Crippen molar-refractivity contribution >= 4 is 25.8 Å². The second-order valence-corrected chi connectivity index (χ2v) is 10.8. The number of hydrogen-bond acceptors (Lipinski definition) is 4. The van der Waals surface area contributed by atoms with Gasteiger partial charge in [0.2, 0.25) is 0 Å². The maximum Gasteiger partial charge on any atom is 0.178 e. The van der Waals surface area contributed by atoms with Gasteiger partial charge in [0.1, 0.15) is 0 Å². The first-order valence-corrected chi connectivity index (χ1v) is 12.9. The average Bonchev–Trinajstić information content (AvgIpc) is 2.79. The van der Waals surface area contributed by atoms with Crippen LogP contribution in [0.15, 0.2) is 58.5 Å². The fourth-order valence-corrected chi connectivity index (χ4v) is 5.31. The van der Waals surface area contributed by atoms with Crippen LogP contribution in [0.5, 0.6) is 0 Å². The van der Waals surface area contributed by atoms with E-state index in [4.69, 9.17) is 9.47 Å². The molecule has 0 aliphatic carbocycles. The molecule has 4 nitrogen and oxygen atoms in total. The molecule has 0 amide bonds. The van der Waals surface area contributed by atoms with Crippen molar-refractivity contribution in [2.45, 2.75) is 63.7 Å². The van der Waals surface area contributed by atoms with Gasteiger partial charge in [0, 0.05) is 11.2 Å². The number of sulfone groups is 1. The van der Waals surface area contributed by atoms with Crippen molar-refractivity contribution in [2.75, 3.05) is 17.7 Å². The van der Waals surface area contributed by atoms with Crippen LogP contribution in [-0.4, -0.2) is 38.0 Å². The summed E-state index contributed by atoms with van der Waals surface area (Å²) in [6, 6.07) is 8.65. The molecule has 0 unspecified atom stereocenters. The van der Waals surface area contributed by atoms with Crippen LogP contribution in [0.1, 0.15) is 47.0 Å². The van der Waals surface area contributed by atoms with E-state index in [0.29, 0.717) is 17.9 Å². The van der Waals surface area contributed by atoms with Gasteiger partial charge < -0.3 is 9.47 Å². The van der Waals surface area contributed by atoms with Gasteiger partial charge >= 0.3 is 0 Å². The van der Waals surface area contributed by atoms with Crippen LogP contribution < -0.4 is 0 Å². The lowest BCUT2D eigenvalue weighted by atomic mass is 9.97. The van der Waals surface area contributed by atoms with Crippen molar-refractivity contribution in [3.8, 4) is 0 Å². The molecule has 0 radical (unpaired) electrons. The highest BCUT2D eigenvalue weighted by molar-refractivity contribution is 9.09. The summed E-state index contributed by atoms with van der Waals surface area (Å²) < 4.78 is 38.0. The van der Waals surface area contributed by atoms with Gasteiger partial charge in [-0.25, -0.2) is 8.42 Å². The van der Waals surface area contributed by atoms with E-state index in [-0.39, 0.29) is 17.8 Å². The Labute approximate surface area is 184 Å². The zero-order valence-electron chi connectivity index (χ0n) is 17.9. The second kappa shape index (κ2) is 10.9. The van der Waals surface area contributed by atoms with E-state index >= 15 is 0 Å². The Hall–Kier alpha value is -0.950. The van der Waals surface area contributed by atoms with Gasteiger partial charge in [0.05, 0.1) is 23.4 Å². The van der Waals surface area contributed by atoms with Crippen molar-refractivity contribution in [3.63, 3.8) is 0 Å². The average molecular weight is 485 g/mol. The molecule has 2 atom stereocenters. The van der Waals surface area contributed by atoms with E-state index in [1.54, 1.807) is 24.3 Å². The molecule has 1 aromatic carbocycles. The lowest BCUT2D eigenvalue weighted by Gasteiger charge is -2.29. The molecule has 1 aromatic rings. The lowest BCUT2D eigenvalue weighted by Crippen LogP contribution is -2.35. The van der Waals surface area contributed by atoms with Crippen molar-refractivity contribution in [3.05, 3.63) is 53.6 Å². The van der Waals surface area contributed by atoms with Crippen LogP contribution in [-0.2, 0) is 19.3 Å². The first-order chi connectivity index (χ1) is 13.6. The zero-order valence-corrected chi connectivity index (χ0v) is 20.3. The van der Waals surface area contributed by atoms with Gasteiger partial charge in [-0.15, -0.1) is 0 Å². The minimum absolute atomic E-state index is 0.0491. The summed E-state index contributed by atoms with van der Waals surface area (Å²) >= 11 is 3.46. The van der Waals surface area contributed by atoms with Crippen LogP contribution in [0.2, 0.25) is 0 Å². The van der Waals surface area contributed by atoms with Crippen LogP contribution in [0, 0.1) is 5.92 Å². The normalized spacial score (nSPS) is 23.6. The maximum atomic E-state index is 13.0. The minimum atomic E-state index is -3.39. The first-order valence-electron chi connectivity index (χ1n) is 10.1. The Morgan fingerprint density at radius 1 is 1.21 bits per heavy atom. The third-order valence-electron chi connectivity index (χ3n) is 5.05. The number of hydrogen-bond donors (Lipinski definition) is 0. The van der Waals surface area contributed by atoms with Crippen LogP contribution in [0.3, 0.4) is 0 Å². The van der Waals surface area contributed by atoms with Gasteiger partial charge in [-0.05, 0) is 59.1 Å². The van der Waals surface area contributed by atoms with Crippen molar-refractivity contribution < 1.29 is 17.9 Å². The molecule has 162 valence electrons. The van der Waals surface area contributed by atoms with Crippen molar-refractivity contribution in [1.82, 2.24) is 0 Å². The van der Waals surface area contributed by atoms with E-state index in [1.807, 2.05) is 19.9 Å². The van der Waals surface area contributed by atoms with Gasteiger partial charge in [-0.3, -0.25) is 0 Å². The fraction of sp³-hybridized carbons (Fsp3) is 0.565. The van der Waals surface area contributed by atoms with E-state index in [9.17, 15) is 8.42 Å². The molecule has 0 spiro atoms. The number of rotatable bonds is 8. The number of allylic oxidation sites excluding steroid dienone is 3. The minimum Gasteiger partial charge on any atom is -0.350 e. The Bertz CT molecular complexity index is 813. The summed E-state index contributed by atoms with van der Waals surface area (Å²) in [6.45, 7) is 8.45. The molecule has 1 aliphatic rings. The van der Waals surface area contributed by atoms with E-state index in [2.05, 4.69) is 41.9 Å². The molecule has 6 heteroatoms. The summed E-state index contributed by atoms with van der Waals surface area (Å²) in [4.78, 5) is 0.360. The van der Waals surface area contributed by atoms with E-state index in [0.717, 1.165) is 18.2 Å². The molecular weight excluding hydrogens is 452 g/mol. The Morgan fingerprint density at radius 3 is 2.55 bits per heavy atom. The van der Waals surface area contributed by atoms with Gasteiger partial charge in [-0.1, -0.05) is 57.4 Å². The standard InChI is InChI=1S/C23H33BrO4S/c1-18(9-8-10-19(2)16-24)15-22-20(13-14-27-23(3,4)28-22)17-29(25,26)21-11-6-5-7-12-21/h5-7,10-12,15,20,22H,8-9,13-14,16-17H2,1-4H3/b18-15+,19-10+/t20-,22-/m1/s1. The molecule has 0 aromatic heterocycles. The first kappa shape index (κ1) is 24.3. The zero-order chi connectivity index (χ0) is 21.5. The monoisotopic (exact) mass is 484 g/mol. The van der Waals surface area contributed by atoms with Gasteiger partial charge in [-0.2, -0.15) is 0 Å². The molecule has 1 saturated heterocycles.